The Kier molecular flexibility index (Phi) is 18.7. The van der Waals surface area contributed by atoms with Crippen molar-refractivity contribution in [1.29, 1.82) is 0 Å². The van der Waals surface area contributed by atoms with Gasteiger partial charge in [-0.25, -0.2) is 0 Å². The predicted octanol–water partition coefficient (Wildman–Crippen LogP) is 0.0147. The second kappa shape index (κ2) is 24.2. The molecule has 24 nitrogen and oxygen atoms in total. The van der Waals surface area contributed by atoms with Crippen molar-refractivity contribution in [2.24, 2.45) is 5.92 Å². The monoisotopic (exact) mass is 1080 g/mol. The third-order valence-corrected chi connectivity index (χ3v) is 15.8. The molecule has 0 aromatic heterocycles. The molecule has 1 aliphatic carbocycles. The Balaban J connectivity index is 1.04. The zero-order chi connectivity index (χ0) is 55.3. The minimum Gasteiger partial charge on any atom is -0.507 e. The molecule has 5 heterocycles. The van der Waals surface area contributed by atoms with Gasteiger partial charge < -0.3 is 108 Å². The first kappa shape index (κ1) is 58.8. The van der Waals surface area contributed by atoms with Crippen LogP contribution in [0.15, 0.2) is 12.1 Å². The molecular formula is C52H76O24. The van der Waals surface area contributed by atoms with Crippen molar-refractivity contribution in [2.45, 2.75) is 234 Å². The number of aliphatic hydroxyl groups excluding tert-OH is 8. The third-order valence-electron chi connectivity index (χ3n) is 15.8. The molecule has 8 rings (SSSR count). The summed E-state index contributed by atoms with van der Waals surface area (Å²) >= 11 is 0. The minimum atomic E-state index is -1.94. The zero-order valence-electron chi connectivity index (χ0n) is 44.0. The largest absolute Gasteiger partial charge is 0.507 e. The number of hydrogen-bond acceptors (Lipinski definition) is 24. The highest BCUT2D eigenvalue weighted by Crippen LogP contribution is 2.47. The number of ether oxygens (including phenoxy) is 12. The van der Waals surface area contributed by atoms with Crippen LogP contribution in [0.25, 0.3) is 10.8 Å². The van der Waals surface area contributed by atoms with E-state index in [1.54, 1.807) is 34.6 Å². The van der Waals surface area contributed by atoms with E-state index in [-0.39, 0.29) is 71.7 Å². The Hall–Kier alpha value is -3.32. The average molecular weight is 1090 g/mol. The number of methoxy groups -OCH3 is 2. The van der Waals surface area contributed by atoms with Crippen LogP contribution in [0.1, 0.15) is 95.1 Å². The maximum absolute atomic E-state index is 15.0. The first-order valence-electron chi connectivity index (χ1n) is 26.1. The van der Waals surface area contributed by atoms with Crippen LogP contribution in [0.5, 0.6) is 17.2 Å². The van der Waals surface area contributed by atoms with Gasteiger partial charge in [0.15, 0.2) is 36.7 Å². The maximum atomic E-state index is 15.0. The molecule has 0 radical (unpaired) electrons. The second-order valence-corrected chi connectivity index (χ2v) is 21.2. The van der Waals surface area contributed by atoms with Crippen molar-refractivity contribution >= 4 is 22.3 Å². The molecule has 2 aromatic rings. The van der Waals surface area contributed by atoms with Crippen molar-refractivity contribution in [1.82, 2.24) is 0 Å². The smallest absolute Gasteiger partial charge is 0.202 e. The predicted molar refractivity (Wildman–Crippen MR) is 259 cm³/mol. The molecule has 76 heavy (non-hydrogen) atoms. The number of ketones is 2. The van der Waals surface area contributed by atoms with Crippen molar-refractivity contribution in [3.05, 3.63) is 28.8 Å². The molecule has 25 atom stereocenters. The summed E-state index contributed by atoms with van der Waals surface area (Å²) in [5, 5.41) is 110. The van der Waals surface area contributed by atoms with Crippen LogP contribution in [-0.4, -0.2) is 224 Å². The molecule has 5 aliphatic heterocycles. The highest BCUT2D eigenvalue weighted by molar-refractivity contribution is 6.11. The van der Waals surface area contributed by atoms with Crippen molar-refractivity contribution in [3.63, 3.8) is 0 Å². The first-order valence-corrected chi connectivity index (χ1v) is 26.1. The van der Waals surface area contributed by atoms with Crippen molar-refractivity contribution < 1.29 is 117 Å². The van der Waals surface area contributed by atoms with E-state index in [4.69, 9.17) is 56.8 Å². The molecule has 6 aliphatic rings. The summed E-state index contributed by atoms with van der Waals surface area (Å²) in [7, 11) is 2.66. The molecule has 24 heteroatoms. The average Bonchev–Trinajstić information content (AvgIpc) is 3.36. The van der Waals surface area contributed by atoms with Gasteiger partial charge in [-0.2, -0.15) is 0 Å². The van der Waals surface area contributed by atoms with Crippen LogP contribution < -0.4 is 4.74 Å². The van der Waals surface area contributed by atoms with E-state index in [0.717, 1.165) is 0 Å². The van der Waals surface area contributed by atoms with Crippen molar-refractivity contribution in [2.75, 3.05) is 14.2 Å². The molecule has 0 bridgehead atoms. The number of benzene rings is 2. The number of fused-ring (bicyclic) bond motifs is 2. The Morgan fingerprint density at radius 2 is 1.11 bits per heavy atom. The number of hydrogen-bond donors (Lipinski definition) is 10. The van der Waals surface area contributed by atoms with E-state index < -0.39 is 176 Å². The van der Waals surface area contributed by atoms with E-state index in [1.807, 2.05) is 0 Å². The fourth-order valence-electron chi connectivity index (χ4n) is 11.4. The lowest BCUT2D eigenvalue weighted by Gasteiger charge is -2.45. The minimum absolute atomic E-state index is 0.0217. The van der Waals surface area contributed by atoms with Crippen molar-refractivity contribution in [3.8, 4) is 17.2 Å². The molecule has 5 saturated heterocycles. The molecule has 5 fully saturated rings. The normalized spacial score (nSPS) is 41.5. The van der Waals surface area contributed by atoms with Gasteiger partial charge in [0, 0.05) is 57.8 Å². The van der Waals surface area contributed by atoms with E-state index in [0.29, 0.717) is 0 Å². The molecule has 428 valence electrons. The zero-order valence-corrected chi connectivity index (χ0v) is 44.0. The molecule has 0 unspecified atom stereocenters. The number of phenols is 2. The van der Waals surface area contributed by atoms with Crippen LogP contribution in [0, 0.1) is 12.8 Å². The standard InChI is InChI=1S/C52H76O24/c1-18-30(72-36-15-31(44(59)21(4)68-36)73-34-13-28(54)43(58)20(3)67-34)12-26-10-25-11-27(51(66-9)49(64)42(57)19(2)53)52(48(63)40(25)47(62)39(26)41(18)56)76-38-17-33(46(61)23(6)70-38)75-37-16-32(45(60)22(5)69-37)74-35-14-29(55)50(65-8)24(7)71-35/h10,12,19-24,27-29,31-38,42-46,50-62H,11,13-17H2,1-9H3/t19-,20-,21-,22-,23-,24-,27+,28-,29-,31-,32-,33-,34+,35+,36+,37+,38+,42-,43-,44-,45-,46-,50-,51+,52+/m1/s1. The summed E-state index contributed by atoms with van der Waals surface area (Å²) in [4.78, 5) is 28.9. The molecule has 0 saturated carbocycles. The molecule has 10 N–H and O–H groups in total. The summed E-state index contributed by atoms with van der Waals surface area (Å²) in [6.07, 6.45) is -26.4. The molecular weight excluding hydrogens is 1010 g/mol. The summed E-state index contributed by atoms with van der Waals surface area (Å²) in [5.74, 6) is -4.02. The summed E-state index contributed by atoms with van der Waals surface area (Å²) in [6, 6.07) is 3.04. The Morgan fingerprint density at radius 3 is 1.61 bits per heavy atom. The van der Waals surface area contributed by atoms with Crippen LogP contribution in [-0.2, 0) is 63.3 Å². The number of aliphatic hydroxyl groups is 8. The molecule has 2 aromatic carbocycles. The van der Waals surface area contributed by atoms with Crippen LogP contribution in [0.2, 0.25) is 0 Å². The maximum Gasteiger partial charge on any atom is 0.202 e. The van der Waals surface area contributed by atoms with Gasteiger partial charge in [0.25, 0.3) is 0 Å². The van der Waals surface area contributed by atoms with Gasteiger partial charge in [-0.15, -0.1) is 0 Å². The van der Waals surface area contributed by atoms with Gasteiger partial charge in [-0.05, 0) is 78.0 Å². The fourth-order valence-corrected chi connectivity index (χ4v) is 11.4. The molecule has 0 amide bonds. The highest BCUT2D eigenvalue weighted by Gasteiger charge is 2.51. The lowest BCUT2D eigenvalue weighted by molar-refractivity contribution is -0.329. The summed E-state index contributed by atoms with van der Waals surface area (Å²) in [5.41, 5.74) is 0.0872. The lowest BCUT2D eigenvalue weighted by atomic mass is 9.75. The summed E-state index contributed by atoms with van der Waals surface area (Å²) < 4.78 is 72.1. The van der Waals surface area contributed by atoms with Gasteiger partial charge in [0.05, 0.1) is 78.1 Å². The number of aromatic hydroxyl groups is 2. The van der Waals surface area contributed by atoms with Crippen LogP contribution in [0.3, 0.4) is 0 Å². The van der Waals surface area contributed by atoms with E-state index in [1.165, 1.54) is 40.2 Å². The van der Waals surface area contributed by atoms with Crippen LogP contribution >= 0.6 is 0 Å². The summed E-state index contributed by atoms with van der Waals surface area (Å²) in [6.45, 7) is 10.8. The lowest BCUT2D eigenvalue weighted by Crippen LogP contribution is -2.57. The Labute approximate surface area is 439 Å². The van der Waals surface area contributed by atoms with Gasteiger partial charge >= 0.3 is 0 Å². The van der Waals surface area contributed by atoms with E-state index in [9.17, 15) is 55.9 Å². The van der Waals surface area contributed by atoms with Gasteiger partial charge in [0.1, 0.15) is 66.1 Å². The number of Topliss-reactive ketones (excluding diaryl/α,β-unsaturated/α-hetero) is 2. The van der Waals surface area contributed by atoms with E-state index in [2.05, 4.69) is 0 Å². The topological polar surface area (TPSA) is 347 Å². The van der Waals surface area contributed by atoms with E-state index >= 15 is 4.79 Å². The first-order chi connectivity index (χ1) is 35.9. The number of phenolic OH excluding ortho intramolecular Hbond substituents is 2. The molecule has 0 spiro atoms. The number of rotatable bonds is 16. The van der Waals surface area contributed by atoms with Gasteiger partial charge in [-0.1, -0.05) is 0 Å². The fraction of sp³-hybridized carbons (Fsp3) is 0.769. The number of carbonyl (C=O) groups is 2. The second-order valence-electron chi connectivity index (χ2n) is 21.2. The SMILES string of the molecule is CO[C@H]1[C@H](O)C[C@H](O[C@@H]2C[C@H](O[C@@H]3C[C@H](O[C@@H]4C(=O)c5c(cc6cc(O[C@H]7C[C@@H](O[C@H]8C[C@@H](O)[C@H](O)[C@@H](C)O8)[C@H](O)[C@@H](C)O7)c(C)c(O)c6c5O)C[C@H]4[C@H](OC)C(=O)[C@H](O)[C@@H](C)O)O[C@H](C)[C@H]3O)O[C@H](C)[C@H]2O)O[C@@H]1C. The Morgan fingerprint density at radius 1 is 0.632 bits per heavy atom. The van der Waals surface area contributed by atoms with Crippen LogP contribution in [0.4, 0.5) is 0 Å². The highest BCUT2D eigenvalue weighted by atomic mass is 16.7. The quantitative estimate of drug-likeness (QED) is 0.106. The van der Waals surface area contributed by atoms with Gasteiger partial charge in [-0.3, -0.25) is 9.59 Å². The Bertz CT molecular complexity index is 2310. The number of carbonyl (C=O) groups excluding carboxylic acids is 2. The third kappa shape index (κ3) is 12.1. The van der Waals surface area contributed by atoms with Gasteiger partial charge in [0.2, 0.25) is 6.29 Å².